The van der Waals surface area contributed by atoms with Crippen molar-refractivity contribution in [1.29, 1.82) is 0 Å². The van der Waals surface area contributed by atoms with Gasteiger partial charge in [-0.2, -0.15) is 5.10 Å². The van der Waals surface area contributed by atoms with Crippen LogP contribution in [0.15, 0.2) is 18.3 Å². The van der Waals surface area contributed by atoms with Crippen molar-refractivity contribution in [2.24, 2.45) is 0 Å². The van der Waals surface area contributed by atoms with Crippen LogP contribution in [0.25, 0.3) is 11.1 Å². The number of rotatable bonds is 2. The number of anilines is 1. The molecule has 16 heavy (non-hydrogen) atoms. The second-order valence-electron chi connectivity index (χ2n) is 3.85. The lowest BCUT2D eigenvalue weighted by atomic mass is 10.1. The van der Waals surface area contributed by atoms with Crippen LogP contribution in [0.1, 0.15) is 18.3 Å². The third-order valence-corrected chi connectivity index (χ3v) is 2.67. The Balaban J connectivity index is 2.53. The van der Waals surface area contributed by atoms with Crippen molar-refractivity contribution in [3.63, 3.8) is 0 Å². The predicted molar refractivity (Wildman–Crippen MR) is 65.0 cm³/mol. The summed E-state index contributed by atoms with van der Waals surface area (Å²) in [4.78, 5) is 4.27. The van der Waals surface area contributed by atoms with Crippen LogP contribution in [-0.2, 0) is 6.54 Å². The van der Waals surface area contributed by atoms with Gasteiger partial charge in [0, 0.05) is 29.6 Å². The average molecular weight is 216 g/mol. The highest BCUT2D eigenvalue weighted by Gasteiger charge is 2.09. The molecule has 0 aromatic carbocycles. The number of nitrogens with zero attached hydrogens (tertiary/aromatic N) is 3. The van der Waals surface area contributed by atoms with E-state index >= 15 is 0 Å². The minimum Gasteiger partial charge on any atom is -0.384 e. The molecule has 0 atom stereocenters. The van der Waals surface area contributed by atoms with Gasteiger partial charge in [-0.1, -0.05) is 0 Å². The maximum absolute atomic E-state index is 5.64. The van der Waals surface area contributed by atoms with Gasteiger partial charge < -0.3 is 5.73 Å². The number of aromatic nitrogens is 3. The second kappa shape index (κ2) is 3.96. The average Bonchev–Trinajstić information content (AvgIpc) is 2.60. The Morgan fingerprint density at radius 2 is 1.94 bits per heavy atom. The molecule has 0 saturated heterocycles. The SMILES string of the molecule is CCn1cc(-c2ccc(N)nc2C)c(C)n1. The number of nitrogens with two attached hydrogens (primary N) is 1. The van der Waals surface area contributed by atoms with Gasteiger partial charge in [-0.05, 0) is 32.9 Å². The predicted octanol–water partition coefficient (Wildman–Crippen LogP) is 2.16. The topological polar surface area (TPSA) is 56.7 Å². The molecule has 0 unspecified atom stereocenters. The van der Waals surface area contributed by atoms with Crippen LogP contribution in [-0.4, -0.2) is 14.8 Å². The smallest absolute Gasteiger partial charge is 0.123 e. The molecule has 2 rings (SSSR count). The van der Waals surface area contributed by atoms with Gasteiger partial charge in [0.25, 0.3) is 0 Å². The van der Waals surface area contributed by atoms with E-state index in [1.165, 1.54) is 0 Å². The zero-order valence-electron chi connectivity index (χ0n) is 9.86. The third-order valence-electron chi connectivity index (χ3n) is 2.67. The number of hydrogen-bond donors (Lipinski definition) is 1. The molecule has 4 heteroatoms. The molecular weight excluding hydrogens is 200 g/mol. The summed E-state index contributed by atoms with van der Waals surface area (Å²) in [6.07, 6.45) is 2.05. The second-order valence-corrected chi connectivity index (χ2v) is 3.85. The van der Waals surface area contributed by atoms with Gasteiger partial charge in [-0.25, -0.2) is 4.98 Å². The van der Waals surface area contributed by atoms with Crippen LogP contribution in [0.2, 0.25) is 0 Å². The molecule has 0 spiro atoms. The molecule has 0 aliphatic rings. The fourth-order valence-corrected chi connectivity index (χ4v) is 1.81. The zero-order valence-corrected chi connectivity index (χ0v) is 9.86. The third kappa shape index (κ3) is 1.78. The normalized spacial score (nSPS) is 10.7. The van der Waals surface area contributed by atoms with Crippen LogP contribution in [0, 0.1) is 13.8 Å². The summed E-state index contributed by atoms with van der Waals surface area (Å²) in [5.41, 5.74) is 9.85. The van der Waals surface area contributed by atoms with E-state index in [9.17, 15) is 0 Å². The molecule has 0 radical (unpaired) electrons. The first-order chi connectivity index (χ1) is 7.61. The van der Waals surface area contributed by atoms with Gasteiger partial charge in [-0.15, -0.1) is 0 Å². The highest BCUT2D eigenvalue weighted by atomic mass is 15.3. The molecule has 2 N–H and O–H groups in total. The van der Waals surface area contributed by atoms with E-state index in [4.69, 9.17) is 5.73 Å². The summed E-state index contributed by atoms with van der Waals surface area (Å²) in [7, 11) is 0. The van der Waals surface area contributed by atoms with E-state index < -0.39 is 0 Å². The molecule has 0 amide bonds. The van der Waals surface area contributed by atoms with E-state index in [1.807, 2.05) is 30.7 Å². The number of aryl methyl sites for hydroxylation is 3. The summed E-state index contributed by atoms with van der Waals surface area (Å²) in [5.74, 6) is 0.557. The first-order valence-electron chi connectivity index (χ1n) is 5.39. The summed E-state index contributed by atoms with van der Waals surface area (Å²) in [5, 5.41) is 4.43. The molecule has 0 saturated carbocycles. The molecule has 2 aromatic heterocycles. The fraction of sp³-hybridized carbons (Fsp3) is 0.333. The summed E-state index contributed by atoms with van der Waals surface area (Å²) < 4.78 is 1.93. The fourth-order valence-electron chi connectivity index (χ4n) is 1.81. The molecule has 0 fully saturated rings. The Morgan fingerprint density at radius 3 is 2.50 bits per heavy atom. The monoisotopic (exact) mass is 216 g/mol. The van der Waals surface area contributed by atoms with Crippen LogP contribution in [0.4, 0.5) is 5.82 Å². The zero-order chi connectivity index (χ0) is 11.7. The van der Waals surface area contributed by atoms with Crippen molar-refractivity contribution >= 4 is 5.82 Å². The Hall–Kier alpha value is -1.84. The van der Waals surface area contributed by atoms with E-state index in [-0.39, 0.29) is 0 Å². The van der Waals surface area contributed by atoms with E-state index in [0.717, 1.165) is 29.1 Å². The van der Waals surface area contributed by atoms with Crippen molar-refractivity contribution in [2.45, 2.75) is 27.3 Å². The molecule has 0 aliphatic heterocycles. The first-order valence-corrected chi connectivity index (χ1v) is 5.39. The highest BCUT2D eigenvalue weighted by Crippen LogP contribution is 2.25. The van der Waals surface area contributed by atoms with Gasteiger partial charge in [0.05, 0.1) is 5.69 Å². The minimum absolute atomic E-state index is 0.557. The molecule has 0 bridgehead atoms. The van der Waals surface area contributed by atoms with E-state index in [2.05, 4.69) is 23.2 Å². The number of nitrogen functional groups attached to an aromatic ring is 1. The van der Waals surface area contributed by atoms with Gasteiger partial charge in [-0.3, -0.25) is 4.68 Å². The van der Waals surface area contributed by atoms with Crippen LogP contribution >= 0.6 is 0 Å². The Kier molecular flexibility index (Phi) is 2.64. The van der Waals surface area contributed by atoms with E-state index in [1.54, 1.807) is 0 Å². The Bertz CT molecular complexity index is 514. The molecule has 4 nitrogen and oxygen atoms in total. The molecule has 84 valence electrons. The number of pyridine rings is 1. The Morgan fingerprint density at radius 1 is 1.19 bits per heavy atom. The van der Waals surface area contributed by atoms with Crippen LogP contribution in [0.5, 0.6) is 0 Å². The standard InChI is InChI=1S/C12H16N4/c1-4-16-7-11(9(3)15-16)10-5-6-12(13)14-8(10)2/h5-7H,4H2,1-3H3,(H2,13,14). The summed E-state index contributed by atoms with van der Waals surface area (Å²) in [6, 6.07) is 3.83. The summed E-state index contributed by atoms with van der Waals surface area (Å²) >= 11 is 0. The van der Waals surface area contributed by atoms with Gasteiger partial charge in [0.1, 0.15) is 5.82 Å². The summed E-state index contributed by atoms with van der Waals surface area (Å²) in [6.45, 7) is 6.93. The Labute approximate surface area is 95.1 Å². The van der Waals surface area contributed by atoms with Crippen LogP contribution in [0.3, 0.4) is 0 Å². The quantitative estimate of drug-likeness (QED) is 0.837. The lowest BCUT2D eigenvalue weighted by Gasteiger charge is -2.04. The minimum atomic E-state index is 0.557. The first kappa shape index (κ1) is 10.7. The van der Waals surface area contributed by atoms with Crippen molar-refractivity contribution in [2.75, 3.05) is 5.73 Å². The van der Waals surface area contributed by atoms with Gasteiger partial charge in [0.2, 0.25) is 0 Å². The van der Waals surface area contributed by atoms with Crippen molar-refractivity contribution < 1.29 is 0 Å². The molecular formula is C12H16N4. The number of hydrogen-bond acceptors (Lipinski definition) is 3. The lowest BCUT2D eigenvalue weighted by Crippen LogP contribution is -1.94. The van der Waals surface area contributed by atoms with E-state index in [0.29, 0.717) is 5.82 Å². The maximum atomic E-state index is 5.64. The van der Waals surface area contributed by atoms with Crippen molar-refractivity contribution in [3.8, 4) is 11.1 Å². The molecule has 2 heterocycles. The van der Waals surface area contributed by atoms with Crippen LogP contribution < -0.4 is 5.73 Å². The maximum Gasteiger partial charge on any atom is 0.123 e. The highest BCUT2D eigenvalue weighted by molar-refractivity contribution is 5.68. The molecule has 0 aliphatic carbocycles. The van der Waals surface area contributed by atoms with Crippen molar-refractivity contribution in [3.05, 3.63) is 29.7 Å². The lowest BCUT2D eigenvalue weighted by molar-refractivity contribution is 0.653. The largest absolute Gasteiger partial charge is 0.384 e. The van der Waals surface area contributed by atoms with Gasteiger partial charge in [0.15, 0.2) is 0 Å². The van der Waals surface area contributed by atoms with Crippen molar-refractivity contribution in [1.82, 2.24) is 14.8 Å². The van der Waals surface area contributed by atoms with Gasteiger partial charge >= 0.3 is 0 Å². The molecule has 2 aromatic rings.